The van der Waals surface area contributed by atoms with Gasteiger partial charge < -0.3 is 10.1 Å². The molecule has 6 heteroatoms. The zero-order valence-electron chi connectivity index (χ0n) is 8.82. The van der Waals surface area contributed by atoms with Gasteiger partial charge >= 0.3 is 0 Å². The topological polar surface area (TPSA) is 38.3 Å². The first kappa shape index (κ1) is 12.1. The Labute approximate surface area is 107 Å². The molecule has 0 aromatic heterocycles. The molecule has 0 unspecified atom stereocenters. The van der Waals surface area contributed by atoms with E-state index in [0.29, 0.717) is 20.5 Å². The molecule has 2 rings (SSSR count). The van der Waals surface area contributed by atoms with Gasteiger partial charge in [0.15, 0.2) is 0 Å². The van der Waals surface area contributed by atoms with Crippen LogP contribution in [0, 0.1) is 5.82 Å². The molecule has 0 aliphatic carbocycles. The number of thioether (sulfide) groups is 1. The molecule has 0 bridgehead atoms. The normalized spacial score (nSPS) is 17.4. The van der Waals surface area contributed by atoms with Crippen LogP contribution >= 0.6 is 24.0 Å². The molecule has 0 atom stereocenters. The van der Waals surface area contributed by atoms with Crippen molar-refractivity contribution in [1.29, 1.82) is 0 Å². The van der Waals surface area contributed by atoms with Gasteiger partial charge in [-0.1, -0.05) is 24.0 Å². The summed E-state index contributed by atoms with van der Waals surface area (Å²) in [6.45, 7) is 0. The van der Waals surface area contributed by atoms with E-state index in [9.17, 15) is 9.18 Å². The van der Waals surface area contributed by atoms with Crippen LogP contribution in [0.1, 0.15) is 5.56 Å². The Balaban J connectivity index is 2.38. The highest BCUT2D eigenvalue weighted by molar-refractivity contribution is 8.26. The fourth-order valence-electron chi connectivity index (χ4n) is 1.32. The number of ether oxygens (including phenoxy) is 1. The van der Waals surface area contributed by atoms with Gasteiger partial charge in [-0.3, -0.25) is 4.79 Å². The van der Waals surface area contributed by atoms with E-state index >= 15 is 0 Å². The van der Waals surface area contributed by atoms with E-state index < -0.39 is 5.82 Å². The van der Waals surface area contributed by atoms with Crippen LogP contribution in [0.5, 0.6) is 5.75 Å². The highest BCUT2D eigenvalue weighted by Gasteiger charge is 2.22. The minimum atomic E-state index is -0.412. The average molecular weight is 269 g/mol. The molecule has 1 fully saturated rings. The minimum Gasteiger partial charge on any atom is -0.497 e. The van der Waals surface area contributed by atoms with Crippen LogP contribution in [-0.4, -0.2) is 17.3 Å². The highest BCUT2D eigenvalue weighted by Crippen LogP contribution is 2.27. The Morgan fingerprint density at radius 2 is 2.29 bits per heavy atom. The van der Waals surface area contributed by atoms with Gasteiger partial charge in [0.05, 0.1) is 12.0 Å². The van der Waals surface area contributed by atoms with Gasteiger partial charge in [0.25, 0.3) is 5.91 Å². The van der Waals surface area contributed by atoms with Crippen LogP contribution < -0.4 is 10.1 Å². The second kappa shape index (κ2) is 4.85. The number of hydrogen-bond acceptors (Lipinski definition) is 4. The Kier molecular flexibility index (Phi) is 3.44. The summed E-state index contributed by atoms with van der Waals surface area (Å²) in [7, 11) is 1.50. The molecule has 1 aliphatic rings. The van der Waals surface area contributed by atoms with E-state index in [1.807, 2.05) is 0 Å². The molecule has 1 aliphatic heterocycles. The lowest BCUT2D eigenvalue weighted by molar-refractivity contribution is -0.115. The maximum absolute atomic E-state index is 13.5. The molecule has 0 radical (unpaired) electrons. The van der Waals surface area contributed by atoms with E-state index in [1.165, 1.54) is 31.4 Å². The molecule has 88 valence electrons. The van der Waals surface area contributed by atoms with Gasteiger partial charge in [-0.05, 0) is 24.3 Å². The SMILES string of the molecule is COc1ccc(F)c(/C=C2\SC(=S)NC2=O)c1. The van der Waals surface area contributed by atoms with Gasteiger partial charge in [-0.15, -0.1) is 0 Å². The number of carbonyl (C=O) groups is 1. The Morgan fingerprint density at radius 1 is 1.53 bits per heavy atom. The number of amides is 1. The number of benzene rings is 1. The first-order valence-corrected chi connectivity index (χ1v) is 5.91. The standard InChI is InChI=1S/C11H8FNO2S2/c1-15-7-2-3-8(12)6(4-7)5-9-10(14)13-11(16)17-9/h2-5H,1H3,(H,13,14,16)/b9-5-. The van der Waals surface area contributed by atoms with E-state index in [1.54, 1.807) is 0 Å². The van der Waals surface area contributed by atoms with Crippen molar-refractivity contribution < 1.29 is 13.9 Å². The molecule has 1 aromatic carbocycles. The van der Waals surface area contributed by atoms with Gasteiger partial charge in [-0.25, -0.2) is 4.39 Å². The molecule has 17 heavy (non-hydrogen) atoms. The number of hydrogen-bond donors (Lipinski definition) is 1. The average Bonchev–Trinajstić information content (AvgIpc) is 2.60. The summed E-state index contributed by atoms with van der Waals surface area (Å²) in [6, 6.07) is 4.34. The zero-order chi connectivity index (χ0) is 12.4. The third kappa shape index (κ3) is 2.65. The van der Waals surface area contributed by atoms with Crippen LogP contribution in [0.15, 0.2) is 23.1 Å². The first-order valence-electron chi connectivity index (χ1n) is 4.68. The number of nitrogens with one attached hydrogen (secondary N) is 1. The fraction of sp³-hybridized carbons (Fsp3) is 0.0909. The Hall–Kier alpha value is -1.40. The van der Waals surface area contributed by atoms with Crippen molar-refractivity contribution in [2.24, 2.45) is 0 Å². The molecule has 0 spiro atoms. The lowest BCUT2D eigenvalue weighted by Crippen LogP contribution is -2.17. The molecule has 0 saturated carbocycles. The summed E-state index contributed by atoms with van der Waals surface area (Å²) < 4.78 is 18.9. The van der Waals surface area contributed by atoms with Crippen molar-refractivity contribution in [3.8, 4) is 5.75 Å². The highest BCUT2D eigenvalue weighted by atomic mass is 32.2. The summed E-state index contributed by atoms with van der Waals surface area (Å²) in [5, 5.41) is 2.47. The van der Waals surface area contributed by atoms with E-state index in [-0.39, 0.29) is 5.91 Å². The van der Waals surface area contributed by atoms with E-state index in [4.69, 9.17) is 17.0 Å². The second-order valence-electron chi connectivity index (χ2n) is 3.24. The monoisotopic (exact) mass is 269 g/mol. The fourth-order valence-corrected chi connectivity index (χ4v) is 2.36. The summed E-state index contributed by atoms with van der Waals surface area (Å²) >= 11 is 5.96. The number of rotatable bonds is 2. The third-order valence-corrected chi connectivity index (χ3v) is 3.29. The number of thiocarbonyl (C=S) groups is 1. The maximum Gasteiger partial charge on any atom is 0.263 e. The van der Waals surface area contributed by atoms with Crippen molar-refractivity contribution in [3.05, 3.63) is 34.5 Å². The molecule has 1 amide bonds. The Bertz CT molecular complexity index is 528. The molecular formula is C11H8FNO2S2. The van der Waals surface area contributed by atoms with Crippen molar-refractivity contribution in [2.75, 3.05) is 7.11 Å². The Morgan fingerprint density at radius 3 is 2.88 bits per heavy atom. The van der Waals surface area contributed by atoms with E-state index in [0.717, 1.165) is 11.8 Å². The van der Waals surface area contributed by atoms with Crippen LogP contribution in [0.4, 0.5) is 4.39 Å². The quantitative estimate of drug-likeness (QED) is 0.660. The van der Waals surface area contributed by atoms with Crippen LogP contribution in [-0.2, 0) is 4.79 Å². The van der Waals surface area contributed by atoms with Gasteiger partial charge in [0.1, 0.15) is 15.9 Å². The first-order chi connectivity index (χ1) is 8.10. The minimum absolute atomic E-state index is 0.298. The van der Waals surface area contributed by atoms with Crippen molar-refractivity contribution in [2.45, 2.75) is 0 Å². The lowest BCUT2D eigenvalue weighted by Gasteiger charge is -2.02. The van der Waals surface area contributed by atoms with Gasteiger partial charge in [0, 0.05) is 5.56 Å². The largest absolute Gasteiger partial charge is 0.497 e. The predicted octanol–water partition coefficient (Wildman–Crippen LogP) is 2.32. The van der Waals surface area contributed by atoms with Gasteiger partial charge in [-0.2, -0.15) is 0 Å². The number of carbonyl (C=O) groups excluding carboxylic acids is 1. The van der Waals surface area contributed by atoms with Crippen molar-refractivity contribution in [1.82, 2.24) is 5.32 Å². The molecule has 1 saturated heterocycles. The van der Waals surface area contributed by atoms with Crippen LogP contribution in [0.3, 0.4) is 0 Å². The van der Waals surface area contributed by atoms with Crippen LogP contribution in [0.25, 0.3) is 6.08 Å². The summed E-state index contributed by atoms with van der Waals surface area (Å²) in [4.78, 5) is 11.8. The molecule has 1 aromatic rings. The molecule has 1 heterocycles. The second-order valence-corrected chi connectivity index (χ2v) is 4.96. The van der Waals surface area contributed by atoms with Crippen LogP contribution in [0.2, 0.25) is 0 Å². The third-order valence-electron chi connectivity index (χ3n) is 2.13. The molecule has 1 N–H and O–H groups in total. The summed E-state index contributed by atoms with van der Waals surface area (Å²) in [5.74, 6) is -0.184. The maximum atomic E-state index is 13.5. The lowest BCUT2D eigenvalue weighted by atomic mass is 10.2. The smallest absolute Gasteiger partial charge is 0.263 e. The summed E-state index contributed by atoms with van der Waals surface area (Å²) in [6.07, 6.45) is 1.46. The predicted molar refractivity (Wildman–Crippen MR) is 69.3 cm³/mol. The van der Waals surface area contributed by atoms with Crippen molar-refractivity contribution in [3.63, 3.8) is 0 Å². The molecular weight excluding hydrogens is 261 g/mol. The molecule has 3 nitrogen and oxygen atoms in total. The van der Waals surface area contributed by atoms with Gasteiger partial charge in [0.2, 0.25) is 0 Å². The zero-order valence-corrected chi connectivity index (χ0v) is 10.5. The number of halogens is 1. The number of methoxy groups -OCH3 is 1. The van der Waals surface area contributed by atoms with Crippen molar-refractivity contribution >= 4 is 40.3 Å². The van der Waals surface area contributed by atoms with E-state index in [2.05, 4.69) is 5.32 Å². The summed E-state index contributed by atoms with van der Waals surface area (Å²) in [5.41, 5.74) is 0.298.